The number of amides is 2. The molecule has 2 bridgehead atoms. The van der Waals surface area contributed by atoms with Crippen LogP contribution in [0.25, 0.3) is 0 Å². The Hall–Kier alpha value is -1.59. The third kappa shape index (κ3) is 4.82. The molecule has 0 radical (unpaired) electrons. The molecular formula is C21H32ClN3O2. The van der Waals surface area contributed by atoms with Crippen molar-refractivity contribution in [3.8, 4) is 0 Å². The van der Waals surface area contributed by atoms with Crippen molar-refractivity contribution >= 4 is 24.2 Å². The van der Waals surface area contributed by atoms with E-state index in [1.54, 1.807) is 24.3 Å². The number of piperidine rings is 1. The highest BCUT2D eigenvalue weighted by molar-refractivity contribution is 5.97. The maximum atomic E-state index is 12.9. The predicted molar refractivity (Wildman–Crippen MR) is 111 cm³/mol. The number of halogens is 1. The number of fused-ring (bicyclic) bond motifs is 2. The zero-order valence-electron chi connectivity index (χ0n) is 16.6. The number of benzene rings is 1. The number of nitrogens with one attached hydrogen (secondary N) is 1. The van der Waals surface area contributed by atoms with E-state index in [9.17, 15) is 9.59 Å². The minimum Gasteiger partial charge on any atom is -0.339 e. The number of hydrogen-bond donors (Lipinski definition) is 1. The molecule has 0 spiro atoms. The molecule has 2 aliphatic heterocycles. The lowest BCUT2D eigenvalue weighted by atomic mass is 9.98. The molecule has 2 fully saturated rings. The van der Waals surface area contributed by atoms with E-state index in [0.717, 1.165) is 25.8 Å². The van der Waals surface area contributed by atoms with Crippen molar-refractivity contribution in [3.63, 3.8) is 0 Å². The Morgan fingerprint density at radius 2 is 1.52 bits per heavy atom. The maximum absolute atomic E-state index is 12.9. The molecule has 5 nitrogen and oxygen atoms in total. The molecule has 2 amide bonds. The van der Waals surface area contributed by atoms with Gasteiger partial charge in [0.25, 0.3) is 11.8 Å². The van der Waals surface area contributed by atoms with Crippen LogP contribution in [0.2, 0.25) is 0 Å². The van der Waals surface area contributed by atoms with Gasteiger partial charge in [0.15, 0.2) is 0 Å². The zero-order chi connectivity index (χ0) is 18.7. The fourth-order valence-corrected chi connectivity index (χ4v) is 4.32. The molecule has 2 saturated heterocycles. The summed E-state index contributed by atoms with van der Waals surface area (Å²) in [6, 6.07) is 8.59. The molecule has 2 unspecified atom stereocenters. The van der Waals surface area contributed by atoms with Gasteiger partial charge in [-0.05, 0) is 63.3 Å². The Balaban J connectivity index is 0.00000261. The summed E-state index contributed by atoms with van der Waals surface area (Å²) >= 11 is 0. The van der Waals surface area contributed by atoms with E-state index in [0.29, 0.717) is 35.8 Å². The summed E-state index contributed by atoms with van der Waals surface area (Å²) in [5, 5.41) is 3.62. The van der Waals surface area contributed by atoms with Gasteiger partial charge in [0.1, 0.15) is 0 Å². The third-order valence-corrected chi connectivity index (χ3v) is 5.86. The monoisotopic (exact) mass is 393 g/mol. The Morgan fingerprint density at radius 1 is 1.00 bits per heavy atom. The number of carbonyl (C=O) groups excluding carboxylic acids is 2. The first-order valence-electron chi connectivity index (χ1n) is 9.96. The summed E-state index contributed by atoms with van der Waals surface area (Å²) in [4.78, 5) is 29.1. The average molecular weight is 394 g/mol. The maximum Gasteiger partial charge on any atom is 0.253 e. The number of carbonyl (C=O) groups is 2. The fourth-order valence-electron chi connectivity index (χ4n) is 4.32. The second-order valence-corrected chi connectivity index (χ2v) is 7.64. The van der Waals surface area contributed by atoms with E-state index in [1.165, 1.54) is 12.8 Å². The van der Waals surface area contributed by atoms with E-state index in [1.807, 2.05) is 23.8 Å². The Morgan fingerprint density at radius 3 is 2.00 bits per heavy atom. The smallest absolute Gasteiger partial charge is 0.253 e. The Kier molecular flexibility index (Phi) is 7.68. The van der Waals surface area contributed by atoms with E-state index in [-0.39, 0.29) is 24.2 Å². The van der Waals surface area contributed by atoms with Gasteiger partial charge in [0.2, 0.25) is 0 Å². The van der Waals surface area contributed by atoms with Gasteiger partial charge in [-0.25, -0.2) is 0 Å². The van der Waals surface area contributed by atoms with Gasteiger partial charge in [-0.3, -0.25) is 9.59 Å². The van der Waals surface area contributed by atoms with Crippen LogP contribution in [0.3, 0.4) is 0 Å². The van der Waals surface area contributed by atoms with Crippen molar-refractivity contribution in [2.75, 3.05) is 20.1 Å². The quantitative estimate of drug-likeness (QED) is 0.806. The first kappa shape index (κ1) is 21.7. The standard InChI is InChI=1S/C21H31N3O2.ClH/c1-4-12-24(5-2)21(26)16-8-6-15(7-9-16)20(25)23(3)19-13-17-10-11-18(14-19)22-17;/h6-9,17-19,22H,4-5,10-14H2,1-3H3;1H. The van der Waals surface area contributed by atoms with E-state index in [4.69, 9.17) is 0 Å². The second-order valence-electron chi connectivity index (χ2n) is 7.64. The lowest BCUT2D eigenvalue weighted by Crippen LogP contribution is -2.48. The summed E-state index contributed by atoms with van der Waals surface area (Å²) in [5.41, 5.74) is 1.31. The van der Waals surface area contributed by atoms with Crippen molar-refractivity contribution < 1.29 is 9.59 Å². The van der Waals surface area contributed by atoms with Gasteiger partial charge in [0.05, 0.1) is 0 Å². The lowest BCUT2D eigenvalue weighted by Gasteiger charge is -2.35. The summed E-state index contributed by atoms with van der Waals surface area (Å²) in [5.74, 6) is 0.0906. The van der Waals surface area contributed by atoms with Crippen LogP contribution in [0, 0.1) is 0 Å². The summed E-state index contributed by atoms with van der Waals surface area (Å²) in [7, 11) is 1.91. The molecule has 2 heterocycles. The van der Waals surface area contributed by atoms with Gasteiger partial charge in [-0.1, -0.05) is 6.92 Å². The highest BCUT2D eigenvalue weighted by Crippen LogP contribution is 2.29. The third-order valence-electron chi connectivity index (χ3n) is 5.86. The van der Waals surface area contributed by atoms with Gasteiger partial charge >= 0.3 is 0 Å². The largest absolute Gasteiger partial charge is 0.339 e. The van der Waals surface area contributed by atoms with Crippen LogP contribution in [0.1, 0.15) is 66.7 Å². The van der Waals surface area contributed by atoms with Crippen LogP contribution in [-0.4, -0.2) is 59.9 Å². The normalized spacial score (nSPS) is 23.4. The van der Waals surface area contributed by atoms with Crippen LogP contribution in [0.5, 0.6) is 0 Å². The van der Waals surface area contributed by atoms with Crippen molar-refractivity contribution in [1.29, 1.82) is 0 Å². The molecule has 150 valence electrons. The number of nitrogens with zero attached hydrogens (tertiary/aromatic N) is 2. The van der Waals surface area contributed by atoms with Crippen molar-refractivity contribution in [2.24, 2.45) is 0 Å². The number of rotatable bonds is 6. The van der Waals surface area contributed by atoms with Crippen molar-refractivity contribution in [1.82, 2.24) is 15.1 Å². The summed E-state index contributed by atoms with van der Waals surface area (Å²) < 4.78 is 0. The molecule has 0 aliphatic carbocycles. The Labute approximate surface area is 168 Å². The molecule has 1 aromatic rings. The van der Waals surface area contributed by atoms with Gasteiger partial charge in [0, 0.05) is 49.4 Å². The first-order chi connectivity index (χ1) is 12.5. The van der Waals surface area contributed by atoms with Gasteiger partial charge in [-0.2, -0.15) is 0 Å². The molecule has 1 N–H and O–H groups in total. The summed E-state index contributed by atoms with van der Waals surface area (Å²) in [6.45, 7) is 5.53. The molecule has 0 saturated carbocycles. The molecule has 1 aromatic carbocycles. The molecular weight excluding hydrogens is 362 g/mol. The van der Waals surface area contributed by atoms with Crippen LogP contribution in [0.15, 0.2) is 24.3 Å². The molecule has 6 heteroatoms. The van der Waals surface area contributed by atoms with Crippen LogP contribution >= 0.6 is 12.4 Å². The van der Waals surface area contributed by atoms with Crippen LogP contribution < -0.4 is 5.32 Å². The lowest BCUT2D eigenvalue weighted by molar-refractivity contribution is 0.0680. The van der Waals surface area contributed by atoms with E-state index >= 15 is 0 Å². The first-order valence-corrected chi connectivity index (χ1v) is 9.96. The topological polar surface area (TPSA) is 52.7 Å². The minimum atomic E-state index is 0. The van der Waals surface area contributed by atoms with Crippen LogP contribution in [-0.2, 0) is 0 Å². The molecule has 0 aromatic heterocycles. The molecule has 2 aliphatic rings. The van der Waals surface area contributed by atoms with Gasteiger partial charge in [-0.15, -0.1) is 12.4 Å². The predicted octanol–water partition coefficient (Wildman–Crippen LogP) is 3.34. The number of hydrogen-bond acceptors (Lipinski definition) is 3. The zero-order valence-corrected chi connectivity index (χ0v) is 17.4. The molecule has 2 atom stereocenters. The SMILES string of the molecule is CCCN(CC)C(=O)c1ccc(C(=O)N(C)C2CC3CCC(C2)N3)cc1.Cl. The highest BCUT2D eigenvalue weighted by atomic mass is 35.5. The average Bonchev–Trinajstić information content (AvgIpc) is 3.02. The van der Waals surface area contributed by atoms with Gasteiger partial charge < -0.3 is 15.1 Å². The Bertz CT molecular complexity index is 637. The van der Waals surface area contributed by atoms with Crippen LogP contribution in [0.4, 0.5) is 0 Å². The van der Waals surface area contributed by atoms with Crippen molar-refractivity contribution in [2.45, 2.75) is 64.1 Å². The van der Waals surface area contributed by atoms with E-state index < -0.39 is 0 Å². The fraction of sp³-hybridized carbons (Fsp3) is 0.619. The van der Waals surface area contributed by atoms with Crippen molar-refractivity contribution in [3.05, 3.63) is 35.4 Å². The molecule has 27 heavy (non-hydrogen) atoms. The highest BCUT2D eigenvalue weighted by Gasteiger charge is 2.36. The second kappa shape index (κ2) is 9.56. The van der Waals surface area contributed by atoms with E-state index in [2.05, 4.69) is 12.2 Å². The summed E-state index contributed by atoms with van der Waals surface area (Å²) in [6.07, 6.45) is 5.48. The minimum absolute atomic E-state index is 0. The molecule has 3 rings (SSSR count).